The molecule has 1 heterocycles. The minimum absolute atomic E-state index is 0.0380. The minimum Gasteiger partial charge on any atom is -0.373 e. The lowest BCUT2D eigenvalue weighted by Crippen LogP contribution is -2.34. The second-order valence-corrected chi connectivity index (χ2v) is 6.41. The average Bonchev–Trinajstić information content (AvgIpc) is 2.84. The van der Waals surface area contributed by atoms with Crippen molar-refractivity contribution in [3.63, 3.8) is 0 Å². The molecular weight excluding hydrogens is 353 g/mol. The Hall–Kier alpha value is -2.48. The van der Waals surface area contributed by atoms with Crippen molar-refractivity contribution in [1.29, 1.82) is 0 Å². The number of alkyl halides is 2. The molecule has 0 aromatic heterocycles. The molecule has 2 aromatic rings. The second kappa shape index (κ2) is 7.18. The number of rotatable bonds is 5. The highest BCUT2D eigenvalue weighted by Gasteiger charge is 2.39. The molecule has 1 atom stereocenters. The molecule has 1 saturated heterocycles. The number of hydrogen-bond acceptors (Lipinski definition) is 4. The summed E-state index contributed by atoms with van der Waals surface area (Å²) in [5.41, 5.74) is 0.857. The molecule has 1 aliphatic heterocycles. The fourth-order valence-electron chi connectivity index (χ4n) is 2.54. The molecule has 0 saturated carbocycles. The Labute approximate surface area is 146 Å². The van der Waals surface area contributed by atoms with Crippen molar-refractivity contribution in [3.05, 3.63) is 54.3 Å². The van der Waals surface area contributed by atoms with Gasteiger partial charge in [0.15, 0.2) is 0 Å². The highest BCUT2D eigenvalue weighted by Crippen LogP contribution is 2.29. The summed E-state index contributed by atoms with van der Waals surface area (Å²) in [6.07, 6.45) is -0.0380. The van der Waals surface area contributed by atoms with Crippen molar-refractivity contribution in [2.75, 3.05) is 10.2 Å². The van der Waals surface area contributed by atoms with Crippen LogP contribution in [0.2, 0.25) is 0 Å². The van der Waals surface area contributed by atoms with E-state index < -0.39 is 23.5 Å². The summed E-state index contributed by atoms with van der Waals surface area (Å²) in [5, 5.41) is 2.90. The Morgan fingerprint density at radius 1 is 1.04 bits per heavy atom. The van der Waals surface area contributed by atoms with Gasteiger partial charge in [-0.1, -0.05) is 11.8 Å². The van der Waals surface area contributed by atoms with Crippen LogP contribution in [-0.4, -0.2) is 23.6 Å². The Morgan fingerprint density at radius 3 is 2.28 bits per heavy atom. The van der Waals surface area contributed by atoms with Crippen LogP contribution in [0.15, 0.2) is 53.4 Å². The van der Waals surface area contributed by atoms with E-state index in [1.807, 2.05) is 0 Å². The van der Waals surface area contributed by atoms with Crippen molar-refractivity contribution < 1.29 is 22.8 Å². The third kappa shape index (κ3) is 3.96. The lowest BCUT2D eigenvalue weighted by Gasteiger charge is -2.16. The lowest BCUT2D eigenvalue weighted by atomic mass is 10.2. The van der Waals surface area contributed by atoms with Crippen LogP contribution in [0, 0.1) is 5.82 Å². The molecule has 2 aromatic carbocycles. The number of anilines is 2. The van der Waals surface area contributed by atoms with Crippen LogP contribution in [0.3, 0.4) is 0 Å². The summed E-state index contributed by atoms with van der Waals surface area (Å²) in [6.45, 7) is 0. The van der Waals surface area contributed by atoms with Crippen molar-refractivity contribution >= 4 is 35.0 Å². The topological polar surface area (TPSA) is 49.4 Å². The van der Waals surface area contributed by atoms with Gasteiger partial charge in [-0.2, -0.15) is 8.78 Å². The fourth-order valence-corrected chi connectivity index (χ4v) is 3.04. The van der Waals surface area contributed by atoms with Crippen molar-refractivity contribution in [2.24, 2.45) is 0 Å². The van der Waals surface area contributed by atoms with Crippen LogP contribution in [0.25, 0.3) is 0 Å². The van der Waals surface area contributed by atoms with E-state index in [9.17, 15) is 22.8 Å². The molecule has 130 valence electrons. The molecule has 0 aliphatic carbocycles. The maximum atomic E-state index is 12.9. The molecule has 0 radical (unpaired) electrons. The molecule has 2 amide bonds. The zero-order valence-corrected chi connectivity index (χ0v) is 13.6. The van der Waals surface area contributed by atoms with E-state index in [1.54, 1.807) is 0 Å². The third-order valence-corrected chi connectivity index (χ3v) is 4.37. The number of carbonyl (C=O) groups is 2. The molecule has 1 aliphatic rings. The molecule has 8 heteroatoms. The van der Waals surface area contributed by atoms with Crippen LogP contribution in [0.1, 0.15) is 6.42 Å². The number of benzene rings is 2. The van der Waals surface area contributed by atoms with Crippen LogP contribution in [0.4, 0.5) is 24.5 Å². The number of hydrogen-bond donors (Lipinski definition) is 1. The van der Waals surface area contributed by atoms with E-state index in [0.29, 0.717) is 28.0 Å². The summed E-state index contributed by atoms with van der Waals surface area (Å²) >= 11 is 0.390. The normalized spacial score (nSPS) is 17.4. The van der Waals surface area contributed by atoms with Gasteiger partial charge in [0.1, 0.15) is 11.9 Å². The van der Waals surface area contributed by atoms with Crippen LogP contribution < -0.4 is 10.2 Å². The van der Waals surface area contributed by atoms with Crippen LogP contribution >= 0.6 is 11.8 Å². The first-order valence-corrected chi connectivity index (χ1v) is 8.26. The average molecular weight is 366 g/mol. The second-order valence-electron chi connectivity index (χ2n) is 5.35. The Morgan fingerprint density at radius 2 is 1.68 bits per heavy atom. The summed E-state index contributed by atoms with van der Waals surface area (Å²) in [6, 6.07) is 10.5. The predicted octanol–water partition coefficient (Wildman–Crippen LogP) is 3.88. The number of carbonyl (C=O) groups excluding carboxylic acids is 2. The van der Waals surface area contributed by atoms with E-state index in [1.165, 1.54) is 48.5 Å². The molecule has 1 unspecified atom stereocenters. The summed E-state index contributed by atoms with van der Waals surface area (Å²) < 4.78 is 37.6. The summed E-state index contributed by atoms with van der Waals surface area (Å²) in [4.78, 5) is 26.0. The van der Waals surface area contributed by atoms with Gasteiger partial charge in [0.05, 0.1) is 12.1 Å². The van der Waals surface area contributed by atoms with Gasteiger partial charge in [-0.3, -0.25) is 9.59 Å². The zero-order chi connectivity index (χ0) is 18.0. The molecule has 4 nitrogen and oxygen atoms in total. The first kappa shape index (κ1) is 17.3. The number of nitrogens with zero attached hydrogens (tertiary/aromatic N) is 1. The molecule has 0 spiro atoms. The quantitative estimate of drug-likeness (QED) is 0.644. The standard InChI is InChI=1S/C17H13F3N2O2S/c18-10-1-3-11(4-2-10)21-14-9-15(23)22(16(14)24)12-5-7-13(8-6-12)25-17(19)20/h1-8,14,17,21H,9H2. The number of amides is 2. The van der Waals surface area contributed by atoms with Gasteiger partial charge < -0.3 is 5.32 Å². The van der Waals surface area contributed by atoms with Gasteiger partial charge in [0, 0.05) is 10.6 Å². The van der Waals surface area contributed by atoms with E-state index in [2.05, 4.69) is 5.32 Å². The van der Waals surface area contributed by atoms with Crippen LogP contribution in [-0.2, 0) is 9.59 Å². The third-order valence-electron chi connectivity index (χ3n) is 3.65. The van der Waals surface area contributed by atoms with Crippen LogP contribution in [0.5, 0.6) is 0 Å². The maximum absolute atomic E-state index is 12.9. The SMILES string of the molecule is O=C1CC(Nc2ccc(F)cc2)C(=O)N1c1ccc(SC(F)F)cc1. The van der Waals surface area contributed by atoms with Crippen molar-refractivity contribution in [1.82, 2.24) is 0 Å². The largest absolute Gasteiger partial charge is 0.373 e. The van der Waals surface area contributed by atoms with Gasteiger partial charge in [0.25, 0.3) is 11.7 Å². The summed E-state index contributed by atoms with van der Waals surface area (Å²) in [7, 11) is 0. The van der Waals surface area contributed by atoms with Gasteiger partial charge in [0.2, 0.25) is 5.91 Å². The fraction of sp³-hybridized carbons (Fsp3) is 0.176. The Balaban J connectivity index is 1.73. The van der Waals surface area contributed by atoms with E-state index in [0.717, 1.165) is 4.90 Å². The van der Waals surface area contributed by atoms with Gasteiger partial charge in [-0.15, -0.1) is 0 Å². The Bertz CT molecular complexity index is 781. The predicted molar refractivity (Wildman–Crippen MR) is 89.2 cm³/mol. The molecule has 25 heavy (non-hydrogen) atoms. The van der Waals surface area contributed by atoms with Gasteiger partial charge in [-0.25, -0.2) is 9.29 Å². The molecule has 1 N–H and O–H groups in total. The van der Waals surface area contributed by atoms with Crippen molar-refractivity contribution in [2.45, 2.75) is 23.1 Å². The van der Waals surface area contributed by atoms with Crippen molar-refractivity contribution in [3.8, 4) is 0 Å². The van der Waals surface area contributed by atoms with Gasteiger partial charge >= 0.3 is 0 Å². The maximum Gasteiger partial charge on any atom is 0.288 e. The molecule has 1 fully saturated rings. The lowest BCUT2D eigenvalue weighted by molar-refractivity contribution is -0.121. The first-order chi connectivity index (χ1) is 11.9. The number of imide groups is 1. The monoisotopic (exact) mass is 366 g/mol. The van der Waals surface area contributed by atoms with Gasteiger partial charge in [-0.05, 0) is 48.5 Å². The smallest absolute Gasteiger partial charge is 0.288 e. The number of halogens is 3. The Kier molecular flexibility index (Phi) is 4.98. The number of thioether (sulfide) groups is 1. The molecular formula is C17H13F3N2O2S. The molecule has 3 rings (SSSR count). The van der Waals surface area contributed by atoms with E-state index in [-0.39, 0.29) is 12.3 Å². The minimum atomic E-state index is -2.54. The van der Waals surface area contributed by atoms with E-state index >= 15 is 0 Å². The zero-order valence-electron chi connectivity index (χ0n) is 12.8. The highest BCUT2D eigenvalue weighted by atomic mass is 32.2. The molecule has 0 bridgehead atoms. The number of nitrogens with one attached hydrogen (secondary N) is 1. The van der Waals surface area contributed by atoms with E-state index in [4.69, 9.17) is 0 Å². The highest BCUT2D eigenvalue weighted by molar-refractivity contribution is 7.99. The first-order valence-electron chi connectivity index (χ1n) is 7.38. The summed E-state index contributed by atoms with van der Waals surface area (Å²) in [5.74, 6) is -3.77.